The van der Waals surface area contributed by atoms with E-state index in [1.165, 1.54) is 23.9 Å². The molecule has 6 aliphatic heterocycles. The average molecular weight is 1880 g/mol. The maximum atomic E-state index is 14.8. The zero-order valence-electron chi connectivity index (χ0n) is 80.6. The van der Waals surface area contributed by atoms with Crippen LogP contribution in [-0.2, 0) is 105 Å². The lowest BCUT2D eigenvalue weighted by molar-refractivity contribution is -0.265. The van der Waals surface area contributed by atoms with Gasteiger partial charge in [-0.25, -0.2) is 24.2 Å². The number of rotatable bonds is 33. The van der Waals surface area contributed by atoms with Crippen LogP contribution in [-0.4, -0.2) is 314 Å². The quantitative estimate of drug-likeness (QED) is 0.00984. The van der Waals surface area contributed by atoms with Crippen molar-refractivity contribution in [3.8, 4) is 11.3 Å². The molecule has 8 N–H and O–H groups in total. The second kappa shape index (κ2) is 51.6. The van der Waals surface area contributed by atoms with Crippen LogP contribution >= 0.6 is 0 Å². The fourth-order valence-corrected chi connectivity index (χ4v) is 20.1. The van der Waals surface area contributed by atoms with E-state index in [-0.39, 0.29) is 86.2 Å². The molecule has 2 bridgehead atoms. The molecule has 35 nitrogen and oxygen atoms in total. The number of cyclic esters (lactones) is 1. The number of likely N-dealkylation sites (tertiary alicyclic amines) is 2. The molecule has 4 saturated heterocycles. The number of benzene rings is 2. The third kappa shape index (κ3) is 28.8. The number of aromatic nitrogens is 5. The van der Waals surface area contributed by atoms with Gasteiger partial charge in [-0.1, -0.05) is 89.3 Å². The molecule has 0 spiro atoms. The molecular formula is C100H146N12O23. The van der Waals surface area contributed by atoms with E-state index in [1.807, 2.05) is 90.8 Å². The van der Waals surface area contributed by atoms with Crippen LogP contribution in [0.15, 0.2) is 94.7 Å². The largest absolute Gasteiger partial charge is 0.460 e. The number of nitrogen functional groups attached to an aromatic ring is 2. The molecular weight excluding hydrogens is 1740 g/mol. The molecule has 5 fully saturated rings. The zero-order valence-corrected chi connectivity index (χ0v) is 80.6. The Hall–Kier alpha value is -9.05. The topological polar surface area (TPSA) is 438 Å². The fraction of sp³-hybridized carbons (Fsp3) is 0.670. The van der Waals surface area contributed by atoms with Crippen LogP contribution in [0, 0.1) is 41.4 Å². The smallest absolute Gasteiger partial charge is 0.407 e. The van der Waals surface area contributed by atoms with Gasteiger partial charge < -0.3 is 113 Å². The van der Waals surface area contributed by atoms with Crippen LogP contribution in [0.1, 0.15) is 174 Å². The number of aliphatic hydroxyl groups excluding tert-OH is 2. The van der Waals surface area contributed by atoms with E-state index in [4.69, 9.17) is 77.8 Å². The van der Waals surface area contributed by atoms with Gasteiger partial charge in [0.15, 0.2) is 17.0 Å². The van der Waals surface area contributed by atoms with Crippen molar-refractivity contribution in [2.45, 2.75) is 244 Å². The number of ketones is 2. The summed E-state index contributed by atoms with van der Waals surface area (Å²) in [7, 11) is 4.52. The van der Waals surface area contributed by atoms with Crippen molar-refractivity contribution < 1.29 is 110 Å². The Morgan fingerprint density at radius 3 is 2.09 bits per heavy atom. The van der Waals surface area contributed by atoms with Gasteiger partial charge in [0.1, 0.15) is 53.8 Å². The lowest BCUT2D eigenvalue weighted by Gasteiger charge is -2.43. The molecule has 5 aromatic rings. The molecule has 744 valence electrons. The fourth-order valence-electron chi connectivity index (χ4n) is 20.1. The first kappa shape index (κ1) is 105. The van der Waals surface area contributed by atoms with E-state index >= 15 is 0 Å². The Morgan fingerprint density at radius 2 is 1.39 bits per heavy atom. The summed E-state index contributed by atoms with van der Waals surface area (Å²) in [6.45, 7) is 22.1. The van der Waals surface area contributed by atoms with Crippen molar-refractivity contribution >= 4 is 75.3 Å². The first-order valence-electron chi connectivity index (χ1n) is 48.7. The number of Topliss-reactive ketones (excluding diaryl/α,β-unsaturated/α-hetero) is 2. The maximum absolute atomic E-state index is 14.8. The van der Waals surface area contributed by atoms with Crippen LogP contribution in [0.2, 0.25) is 0 Å². The van der Waals surface area contributed by atoms with Crippen LogP contribution in [0.3, 0.4) is 0 Å². The van der Waals surface area contributed by atoms with Crippen LogP contribution in [0.4, 0.5) is 16.6 Å². The van der Waals surface area contributed by atoms with Crippen molar-refractivity contribution in [3.05, 3.63) is 107 Å². The van der Waals surface area contributed by atoms with Gasteiger partial charge in [-0.2, -0.15) is 10.1 Å². The van der Waals surface area contributed by atoms with Crippen molar-refractivity contribution in [1.82, 2.24) is 49.6 Å². The molecule has 12 rings (SSSR count). The number of hydrogen-bond donors (Lipinski definition) is 6. The molecule has 0 unspecified atom stereocenters. The van der Waals surface area contributed by atoms with E-state index in [2.05, 4.69) is 43.4 Å². The second-order valence-electron chi connectivity index (χ2n) is 37.8. The minimum absolute atomic E-state index is 0.00289. The highest BCUT2D eigenvalue weighted by Crippen LogP contribution is 2.41. The van der Waals surface area contributed by atoms with Gasteiger partial charge in [-0.05, 0) is 187 Å². The van der Waals surface area contributed by atoms with Gasteiger partial charge in [-0.15, -0.1) is 0 Å². The normalized spacial score (nSPS) is 27.8. The number of methoxy groups -OCH3 is 3. The van der Waals surface area contributed by atoms with Crippen molar-refractivity contribution in [1.29, 1.82) is 0 Å². The van der Waals surface area contributed by atoms with Gasteiger partial charge in [0.2, 0.25) is 17.6 Å². The minimum Gasteiger partial charge on any atom is -0.460 e. The Balaban J connectivity index is 0.482. The predicted octanol–water partition coefficient (Wildman–Crippen LogP) is 9.64. The number of nitrogens with zero attached hydrogens (tertiary/aromatic N) is 9. The zero-order chi connectivity index (χ0) is 96.2. The van der Waals surface area contributed by atoms with Gasteiger partial charge >= 0.3 is 12.1 Å². The number of alkyl carbamates (subject to hydrolysis) is 1. The Bertz CT molecular complexity index is 4830. The number of piperidine rings is 3. The first-order valence-corrected chi connectivity index (χ1v) is 48.7. The third-order valence-corrected chi connectivity index (χ3v) is 28.1. The van der Waals surface area contributed by atoms with E-state index in [0.29, 0.717) is 215 Å². The van der Waals surface area contributed by atoms with E-state index in [9.17, 15) is 48.9 Å². The number of amides is 4. The summed E-state index contributed by atoms with van der Waals surface area (Å²) in [4.78, 5) is 119. The Kier molecular flexibility index (Phi) is 40.0. The number of esters is 1. The van der Waals surface area contributed by atoms with Crippen LogP contribution in [0.5, 0.6) is 0 Å². The third-order valence-electron chi connectivity index (χ3n) is 28.1. The van der Waals surface area contributed by atoms with E-state index < -0.39 is 102 Å². The number of carbonyl (C=O) groups is 7. The van der Waals surface area contributed by atoms with Crippen LogP contribution < -0.4 is 16.8 Å². The highest BCUT2D eigenvalue weighted by Gasteiger charge is 2.54. The molecule has 4 amide bonds. The average Bonchev–Trinajstić information content (AvgIpc) is 1.44. The molecule has 2 aromatic carbocycles. The highest BCUT2D eigenvalue weighted by molar-refractivity contribution is 6.39. The minimum atomic E-state index is -2.47. The predicted molar refractivity (Wildman–Crippen MR) is 504 cm³/mol. The van der Waals surface area contributed by atoms with Gasteiger partial charge in [-0.3, -0.25) is 24.0 Å². The van der Waals surface area contributed by atoms with Crippen molar-refractivity contribution in [2.75, 3.05) is 158 Å². The molecule has 0 radical (unpaired) electrons. The van der Waals surface area contributed by atoms with Crippen LogP contribution in [0.25, 0.3) is 33.4 Å². The number of ether oxygens (including phenoxy) is 12. The summed E-state index contributed by atoms with van der Waals surface area (Å²) in [5.41, 5.74) is 20.2. The highest BCUT2D eigenvalue weighted by atomic mass is 16.6. The van der Waals surface area contributed by atoms with E-state index in [1.54, 1.807) is 41.1 Å². The monoisotopic (exact) mass is 1880 g/mol. The number of nitrogens with two attached hydrogens (primary N) is 2. The number of carbonyl (C=O) groups excluding carboxylic acids is 7. The number of aliphatic hydroxyl groups is 3. The molecule has 16 atom stereocenters. The number of allylic oxidation sites excluding steroid dienone is 5. The summed E-state index contributed by atoms with van der Waals surface area (Å²) in [5, 5.41) is 44.3. The maximum Gasteiger partial charge on any atom is 0.407 e. The number of nitrogens with one attached hydrogen (secondary N) is 1. The molecule has 1 saturated carbocycles. The summed E-state index contributed by atoms with van der Waals surface area (Å²) < 4.78 is 77.5. The lowest BCUT2D eigenvalue weighted by atomic mass is 9.78. The summed E-state index contributed by atoms with van der Waals surface area (Å²) in [5.74, 6) is -7.26. The number of oxazole rings is 1. The molecule has 9 heterocycles. The van der Waals surface area contributed by atoms with Gasteiger partial charge in [0.25, 0.3) is 17.7 Å². The summed E-state index contributed by atoms with van der Waals surface area (Å²) >= 11 is 0. The summed E-state index contributed by atoms with van der Waals surface area (Å²) in [6.07, 6.45) is 14.9. The number of anilines is 2. The molecule has 1 aliphatic carbocycles. The standard InChI is InChI=1S/C100H146N12O23/c1-63-16-12-11-13-17-64(2)83(123-8)58-77-24-19-69(7)100(122,135-77)92(117)96(119)111-34-15-14-18-79(111)97(120)132-84(59-80(113)65(3)53-68(6)90(116)91(125-10)89(115)67(5)52-63)66(4)54-70-21-25-82(85(56-70)124-9)134-99(121)103-33-41-127-43-45-129-47-49-131-51-50-130-48-46-128-44-42-126-40-32-86(114)109-38-30-76(31-39-109)108-35-27-72(28-36-108)95(118)110-37-29-73-55-71(20-22-75(73)61-110)60-112-94-87(93(101)104-62-105-94)88(107-112)74-23-26-81-78(57-74)106-98(102)133-81/h11-13,16-17,20,22-23,26,53,55,57,62-63,65-67,69-70,72,76-77,79-80,82-85,90-91,113,116,122H,14-15,18-19,21,24-25,27-52,54,56,58-61H2,1-10H3,(H2,102,106)(H,103,121)(H2,101,104,105)/b13-11?,16-12+,64-17?,68-53+/t63-,65-,66-,67-,69-,70+,77+,79+,80-,82-,83+,84+,85-,90-,91+,100-/m1/s1. The Morgan fingerprint density at radius 1 is 0.689 bits per heavy atom. The Labute approximate surface area is 792 Å². The van der Waals surface area contributed by atoms with Crippen molar-refractivity contribution in [2.24, 2.45) is 41.4 Å². The first-order chi connectivity index (χ1) is 65.1. The van der Waals surface area contributed by atoms with Crippen molar-refractivity contribution in [3.63, 3.8) is 0 Å². The summed E-state index contributed by atoms with van der Waals surface area (Å²) in [6, 6.07) is 11.3. The second-order valence-corrected chi connectivity index (χ2v) is 37.8. The lowest BCUT2D eigenvalue weighted by Crippen LogP contribution is -2.61. The van der Waals surface area contributed by atoms with Gasteiger partial charge in [0.05, 0.1) is 122 Å². The molecule has 35 heteroatoms. The molecule has 135 heavy (non-hydrogen) atoms. The SMILES string of the molecule is CO[C@H]1C[C@@H]2CC[C@@H](C)[C@@](O)(O2)C(=O)C(=O)N2CCCC[C@H]2C(=O)O[C@H]([C@H](C)C[C@@H]2CC[C@@H](OC(=O)NCCOCCOCCOCCOCCOCCOCCC(=O)N3CCC(N4CCC(C(=O)N5CCc6cc(Cn7nc(-c8ccc9oc(N)nc9c8)c8c(N)ncnc87)ccc6C5)CC4)CC3)[C@H](OC)C2)C[C@@H](O)[C@H](C)/C=C(\C)[C@@H](O)[C@@H](OC)C(=O)[C@H](C)C[C@H](C)/C=C/C=CC=C1C. The van der Waals surface area contributed by atoms with E-state index in [0.717, 1.165) is 67.5 Å². The molecule has 7 aliphatic rings. The van der Waals surface area contributed by atoms with Gasteiger partial charge in [0, 0.05) is 109 Å². The number of hydrogen-bond acceptors (Lipinski definition) is 30. The molecule has 3 aromatic heterocycles. The number of fused-ring (bicyclic) bond motifs is 6.